The van der Waals surface area contributed by atoms with E-state index in [0.29, 0.717) is 75.5 Å². The molecule has 63 heavy (non-hydrogen) atoms. The third-order valence-electron chi connectivity index (χ3n) is 10.7. The van der Waals surface area contributed by atoms with E-state index in [2.05, 4.69) is 43.9 Å². The number of methoxy groups -OCH3 is 1. The molecule has 332 valence electrons. The molecule has 6 rings (SSSR count). The molecule has 2 aromatic carbocycles. The predicted octanol–water partition coefficient (Wildman–Crippen LogP) is 5.37. The molecule has 1 fully saturated rings. The number of piperidine rings is 1. The summed E-state index contributed by atoms with van der Waals surface area (Å²) < 4.78 is 17.1. The van der Waals surface area contributed by atoms with Crippen molar-refractivity contribution in [3.63, 3.8) is 0 Å². The Kier molecular flexibility index (Phi) is 15.2. The third-order valence-corrected chi connectivity index (χ3v) is 10.7. The highest BCUT2D eigenvalue weighted by Gasteiger charge is 2.23. The van der Waals surface area contributed by atoms with Gasteiger partial charge in [-0.05, 0) is 109 Å². The molecule has 4 heterocycles. The first-order chi connectivity index (χ1) is 30.5. The van der Waals surface area contributed by atoms with Gasteiger partial charge in [-0.2, -0.15) is 10.2 Å². The van der Waals surface area contributed by atoms with E-state index in [9.17, 15) is 19.2 Å². The number of primary amides is 1. The molecule has 0 unspecified atom stereocenters. The fourth-order valence-electron chi connectivity index (χ4n) is 7.62. The normalized spacial score (nSPS) is 13.2. The summed E-state index contributed by atoms with van der Waals surface area (Å²) in [4.78, 5) is 62.5. The number of rotatable bonds is 21. The number of nitrogens with two attached hydrogens (primary N) is 1. The minimum atomic E-state index is -0.672. The molecule has 18 heteroatoms. The van der Waals surface area contributed by atoms with Crippen LogP contribution in [0.2, 0.25) is 0 Å². The number of aromatic nitrogens is 6. The van der Waals surface area contributed by atoms with E-state index in [1.54, 1.807) is 33.6 Å². The number of hydrogen-bond acceptors (Lipinski definition) is 12. The Morgan fingerprint density at radius 3 is 2.29 bits per heavy atom. The maximum Gasteiger partial charge on any atom is 0.276 e. The smallest absolute Gasteiger partial charge is 0.276 e. The lowest BCUT2D eigenvalue weighted by Gasteiger charge is -2.27. The summed E-state index contributed by atoms with van der Waals surface area (Å²) in [5, 5.41) is 18.2. The van der Waals surface area contributed by atoms with Crippen molar-refractivity contribution in [1.82, 2.24) is 39.7 Å². The highest BCUT2D eigenvalue weighted by molar-refractivity contribution is 6.03. The molecule has 3 aromatic heterocycles. The van der Waals surface area contributed by atoms with Gasteiger partial charge in [0.25, 0.3) is 11.8 Å². The predicted molar refractivity (Wildman–Crippen MR) is 243 cm³/mol. The van der Waals surface area contributed by atoms with Crippen LogP contribution in [0.3, 0.4) is 0 Å². The van der Waals surface area contributed by atoms with Gasteiger partial charge in [0.1, 0.15) is 47.0 Å². The number of amides is 3. The first-order valence-corrected chi connectivity index (χ1v) is 21.0. The van der Waals surface area contributed by atoms with E-state index in [0.717, 1.165) is 38.6 Å². The fourth-order valence-corrected chi connectivity index (χ4v) is 7.62. The molecule has 0 aliphatic carbocycles. The van der Waals surface area contributed by atoms with Gasteiger partial charge in [-0.3, -0.25) is 38.9 Å². The van der Waals surface area contributed by atoms with E-state index in [1.807, 2.05) is 55.4 Å². The van der Waals surface area contributed by atoms with Crippen molar-refractivity contribution in [1.29, 1.82) is 0 Å². The fraction of sp³-hybridized carbons (Fsp3) is 0.378. The molecule has 0 bridgehead atoms. The maximum absolute atomic E-state index is 13.8. The number of nitrogens with zero attached hydrogens (tertiary/aromatic N) is 8. The highest BCUT2D eigenvalue weighted by atomic mass is 16.5. The van der Waals surface area contributed by atoms with Gasteiger partial charge in [0.05, 0.1) is 36.4 Å². The van der Waals surface area contributed by atoms with Crippen molar-refractivity contribution in [2.45, 2.75) is 66.6 Å². The van der Waals surface area contributed by atoms with Gasteiger partial charge in [0.15, 0.2) is 0 Å². The van der Waals surface area contributed by atoms with Crippen LogP contribution < -0.4 is 36.1 Å². The minimum Gasteiger partial charge on any atom is -0.494 e. The Morgan fingerprint density at radius 2 is 1.65 bits per heavy atom. The van der Waals surface area contributed by atoms with E-state index in [1.165, 1.54) is 19.2 Å². The molecule has 5 aromatic rings. The minimum absolute atomic E-state index is 0.0105. The number of aryl methyl sites for hydroxylation is 4. The van der Waals surface area contributed by atoms with E-state index >= 15 is 0 Å². The topological polar surface area (TPSA) is 218 Å². The first kappa shape index (κ1) is 45.4. The lowest BCUT2D eigenvalue weighted by molar-refractivity contribution is 0.0941. The summed E-state index contributed by atoms with van der Waals surface area (Å²) in [6, 6.07) is 9.77. The molecule has 1 saturated heterocycles. The van der Waals surface area contributed by atoms with Crippen LogP contribution >= 0.6 is 0 Å². The van der Waals surface area contributed by atoms with Crippen LogP contribution in [0.4, 0.5) is 17.3 Å². The van der Waals surface area contributed by atoms with Gasteiger partial charge >= 0.3 is 0 Å². The second-order valence-corrected chi connectivity index (χ2v) is 15.1. The number of benzene rings is 2. The van der Waals surface area contributed by atoms with Crippen molar-refractivity contribution >= 4 is 59.1 Å². The summed E-state index contributed by atoms with van der Waals surface area (Å²) >= 11 is 0. The van der Waals surface area contributed by atoms with Gasteiger partial charge in [-0.25, -0.2) is 4.98 Å². The van der Waals surface area contributed by atoms with E-state index in [-0.39, 0.29) is 49.5 Å². The Morgan fingerprint density at radius 1 is 0.952 bits per heavy atom. The number of carbonyl (C=O) groups is 4. The zero-order valence-electron chi connectivity index (χ0n) is 36.5. The molecule has 0 spiro atoms. The zero-order chi connectivity index (χ0) is 45.0. The van der Waals surface area contributed by atoms with Crippen molar-refractivity contribution in [3.8, 4) is 11.5 Å². The number of imidazole rings is 1. The van der Waals surface area contributed by atoms with Crippen LogP contribution in [0.1, 0.15) is 86.2 Å². The Bertz CT molecular complexity index is 2530. The Labute approximate surface area is 366 Å². The number of carbonyl (C=O) groups excluding carboxylic acids is 4. The summed E-state index contributed by atoms with van der Waals surface area (Å²) in [6.07, 6.45) is 11.8. The Hall–Kier alpha value is -7.08. The van der Waals surface area contributed by atoms with Crippen molar-refractivity contribution in [2.75, 3.05) is 50.2 Å². The van der Waals surface area contributed by atoms with Gasteiger partial charge in [0, 0.05) is 37.3 Å². The van der Waals surface area contributed by atoms with Gasteiger partial charge in [-0.15, -0.1) is 0 Å². The highest BCUT2D eigenvalue weighted by Crippen LogP contribution is 2.39. The molecule has 0 radical (unpaired) electrons. The second kappa shape index (κ2) is 21.1. The van der Waals surface area contributed by atoms with Crippen LogP contribution in [0.15, 0.2) is 65.7 Å². The largest absolute Gasteiger partial charge is 0.494 e. The summed E-state index contributed by atoms with van der Waals surface area (Å²) in [5.41, 5.74) is 10.1. The van der Waals surface area contributed by atoms with Gasteiger partial charge < -0.3 is 35.3 Å². The molecule has 0 atom stereocenters. The van der Waals surface area contributed by atoms with Crippen molar-refractivity contribution in [3.05, 3.63) is 94.6 Å². The molecule has 18 nitrogen and oxygen atoms in total. The first-order valence-electron chi connectivity index (χ1n) is 21.0. The molecule has 0 saturated carbocycles. The molecule has 5 N–H and O–H groups in total. The number of ether oxygens (including phenoxy) is 2. The quantitative estimate of drug-likeness (QED) is 0.0319. The standard InChI is InChI=1S/C45H56N12O6/c1-7-56-36(21-29(3)52-56)43(60)49-28-54(40-34(47-5)25-33(42(46)59)26-38(40)62-6)18-10-11-19-55-41-35(50-45(55)51-44(61)37-22-30(4)53-57(37)8-2)23-32(27-58)24-39(41)63-20-12-9-13-31-14-16-48-17-15-31/h9-12,21-27,31,48H,5,7-8,13-20,28H2,1-4,6H3,(H2,46,59)(H,49,60)(H,50,51,61)/b11-10+,12-9+. The SMILES string of the molecule is C=Nc1cc(C(N)=O)cc(OC)c1N(C/C=C/Cn1c(NC(=O)c2cc(C)nn2CC)nc2cc(C=O)cc(OC/C=C/CC3CCNCC3)c21)CNC(=O)c1cc(C)nn1CC. The van der Waals surface area contributed by atoms with Crippen LogP contribution in [-0.2, 0) is 19.6 Å². The lowest BCUT2D eigenvalue weighted by atomic mass is 9.95. The van der Waals surface area contributed by atoms with Crippen molar-refractivity contribution < 1.29 is 28.7 Å². The number of aldehydes is 1. The van der Waals surface area contributed by atoms with Gasteiger partial charge in [0.2, 0.25) is 11.9 Å². The lowest BCUT2D eigenvalue weighted by Crippen LogP contribution is -2.39. The van der Waals surface area contributed by atoms with E-state index < -0.39 is 11.8 Å². The summed E-state index contributed by atoms with van der Waals surface area (Å²) in [5.74, 6) is 0.130. The number of nitrogens with one attached hydrogen (secondary N) is 3. The average Bonchev–Trinajstić information content (AvgIpc) is 3.98. The number of fused-ring (bicyclic) bond motifs is 1. The Balaban J connectivity index is 1.34. The summed E-state index contributed by atoms with van der Waals surface area (Å²) in [7, 11) is 1.46. The number of anilines is 2. The van der Waals surface area contributed by atoms with Crippen LogP contribution in [0, 0.1) is 19.8 Å². The second-order valence-electron chi connectivity index (χ2n) is 15.1. The maximum atomic E-state index is 13.8. The summed E-state index contributed by atoms with van der Waals surface area (Å²) in [6.45, 7) is 14.8. The van der Waals surface area contributed by atoms with Crippen molar-refractivity contribution in [2.24, 2.45) is 16.6 Å². The number of hydrogen-bond donors (Lipinski definition) is 4. The third kappa shape index (κ3) is 10.9. The zero-order valence-corrected chi connectivity index (χ0v) is 36.5. The molecular formula is C45H56N12O6. The number of aliphatic imine (C=N–C) groups is 1. The molecule has 1 aliphatic rings. The van der Waals surface area contributed by atoms with Crippen LogP contribution in [-0.4, -0.2) is 99.9 Å². The van der Waals surface area contributed by atoms with E-state index in [4.69, 9.17) is 20.2 Å². The number of allylic oxidation sites excluding steroid dienone is 2. The molecule has 1 aliphatic heterocycles. The van der Waals surface area contributed by atoms with Gasteiger partial charge in [-0.1, -0.05) is 24.3 Å². The average molecular weight is 861 g/mol. The monoisotopic (exact) mass is 860 g/mol. The van der Waals surface area contributed by atoms with Crippen LogP contribution in [0.25, 0.3) is 11.0 Å². The van der Waals surface area contributed by atoms with Crippen LogP contribution in [0.5, 0.6) is 11.5 Å². The molecular weight excluding hydrogens is 805 g/mol. The molecule has 3 amide bonds.